The van der Waals surface area contributed by atoms with E-state index in [9.17, 15) is 0 Å². The van der Waals surface area contributed by atoms with Gasteiger partial charge in [-0.2, -0.15) is 4.98 Å². The summed E-state index contributed by atoms with van der Waals surface area (Å²) in [5.41, 5.74) is 0. The molecule has 0 saturated carbocycles. The van der Waals surface area contributed by atoms with E-state index >= 15 is 0 Å². The van der Waals surface area contributed by atoms with Crippen molar-refractivity contribution in [2.24, 2.45) is 0 Å². The first-order valence-electron chi connectivity index (χ1n) is 7.48. The molecule has 1 aliphatic heterocycles. The number of nitrogens with zero attached hydrogens (tertiary/aromatic N) is 4. The van der Waals surface area contributed by atoms with Crippen molar-refractivity contribution < 1.29 is 0 Å². The van der Waals surface area contributed by atoms with E-state index in [1.807, 2.05) is 0 Å². The molecule has 112 valence electrons. The molecule has 2 rings (SSSR count). The van der Waals surface area contributed by atoms with Crippen molar-refractivity contribution in [2.45, 2.75) is 26.7 Å². The molecule has 0 bridgehead atoms. The molecule has 5 nitrogen and oxygen atoms in total. The second-order valence-electron chi connectivity index (χ2n) is 5.12. The quantitative estimate of drug-likeness (QED) is 0.874. The molecule has 1 aromatic heterocycles. The molecule has 0 spiro atoms. The van der Waals surface area contributed by atoms with E-state index in [4.69, 9.17) is 11.6 Å². The fourth-order valence-electron chi connectivity index (χ4n) is 2.40. The van der Waals surface area contributed by atoms with Gasteiger partial charge < -0.3 is 10.2 Å². The van der Waals surface area contributed by atoms with Gasteiger partial charge in [-0.3, -0.25) is 4.90 Å². The maximum atomic E-state index is 6.25. The second-order valence-corrected chi connectivity index (χ2v) is 5.53. The smallest absolute Gasteiger partial charge is 0.224 e. The molecule has 0 unspecified atom stereocenters. The van der Waals surface area contributed by atoms with Crippen molar-refractivity contribution in [1.82, 2.24) is 14.9 Å². The molecule has 0 aromatic carbocycles. The Morgan fingerprint density at radius 1 is 1.20 bits per heavy atom. The molecule has 6 heteroatoms. The molecule has 0 atom stereocenters. The predicted molar refractivity (Wildman–Crippen MR) is 84.8 cm³/mol. The summed E-state index contributed by atoms with van der Waals surface area (Å²) < 4.78 is 0. The molecular formula is C14H24ClN5. The Hall–Kier alpha value is -1.07. The average Bonchev–Trinajstić information content (AvgIpc) is 2.48. The lowest BCUT2D eigenvalue weighted by molar-refractivity contribution is 0.258. The van der Waals surface area contributed by atoms with Gasteiger partial charge in [0.1, 0.15) is 5.02 Å². The standard InChI is InChI=1S/C14H24ClN5/c1-3-5-16-14-17-11-12(15)13(18-14)20-9-7-19(6-4-2)8-10-20/h11H,3-10H2,1-2H3,(H,16,17,18). The van der Waals surface area contributed by atoms with Gasteiger partial charge >= 0.3 is 0 Å². The van der Waals surface area contributed by atoms with E-state index in [-0.39, 0.29) is 0 Å². The first kappa shape index (κ1) is 15.3. The maximum absolute atomic E-state index is 6.25. The van der Waals surface area contributed by atoms with Crippen LogP contribution < -0.4 is 10.2 Å². The molecule has 0 aliphatic carbocycles. The normalized spacial score (nSPS) is 16.4. The van der Waals surface area contributed by atoms with E-state index in [1.165, 1.54) is 13.0 Å². The maximum Gasteiger partial charge on any atom is 0.224 e. The third kappa shape index (κ3) is 3.96. The number of hydrogen-bond acceptors (Lipinski definition) is 5. The Morgan fingerprint density at radius 3 is 2.60 bits per heavy atom. The Bertz CT molecular complexity index is 418. The Balaban J connectivity index is 2.01. The van der Waals surface area contributed by atoms with Crippen molar-refractivity contribution in [1.29, 1.82) is 0 Å². The second kappa shape index (κ2) is 7.64. The fourth-order valence-corrected chi connectivity index (χ4v) is 2.61. The molecule has 1 fully saturated rings. The molecule has 1 saturated heterocycles. The molecule has 0 radical (unpaired) electrons. The van der Waals surface area contributed by atoms with Crippen LogP contribution in [0.4, 0.5) is 11.8 Å². The van der Waals surface area contributed by atoms with Gasteiger partial charge in [0, 0.05) is 32.7 Å². The molecule has 1 N–H and O–H groups in total. The van der Waals surface area contributed by atoms with Gasteiger partial charge in [0.25, 0.3) is 0 Å². The average molecular weight is 298 g/mol. The number of rotatable bonds is 6. The van der Waals surface area contributed by atoms with Gasteiger partial charge in [-0.15, -0.1) is 0 Å². The highest BCUT2D eigenvalue weighted by atomic mass is 35.5. The topological polar surface area (TPSA) is 44.3 Å². The number of halogens is 1. The van der Waals surface area contributed by atoms with E-state index in [0.29, 0.717) is 11.0 Å². The van der Waals surface area contributed by atoms with Crippen molar-refractivity contribution in [3.63, 3.8) is 0 Å². The van der Waals surface area contributed by atoms with Gasteiger partial charge in [-0.05, 0) is 19.4 Å². The molecule has 20 heavy (non-hydrogen) atoms. The summed E-state index contributed by atoms with van der Waals surface area (Å²) in [4.78, 5) is 13.5. The van der Waals surface area contributed by atoms with Gasteiger partial charge in [-0.1, -0.05) is 25.4 Å². The predicted octanol–water partition coefficient (Wildman–Crippen LogP) is 2.48. The van der Waals surface area contributed by atoms with E-state index in [2.05, 4.69) is 38.9 Å². The van der Waals surface area contributed by atoms with Crippen LogP contribution in [0.3, 0.4) is 0 Å². The summed E-state index contributed by atoms with van der Waals surface area (Å²) in [5, 5.41) is 3.85. The SMILES string of the molecule is CCCNc1ncc(Cl)c(N2CCN(CCC)CC2)n1. The summed E-state index contributed by atoms with van der Waals surface area (Å²) in [7, 11) is 0. The van der Waals surface area contributed by atoms with Crippen LogP contribution in [0.2, 0.25) is 5.02 Å². The summed E-state index contributed by atoms with van der Waals surface area (Å²) in [5.74, 6) is 1.53. The molecular weight excluding hydrogens is 274 g/mol. The minimum atomic E-state index is 0.635. The van der Waals surface area contributed by atoms with Crippen LogP contribution in [0.25, 0.3) is 0 Å². The molecule has 0 amide bonds. The summed E-state index contributed by atoms with van der Waals surface area (Å²) in [6.07, 6.45) is 3.96. The first-order chi connectivity index (χ1) is 9.74. The van der Waals surface area contributed by atoms with E-state index in [0.717, 1.165) is 45.0 Å². The molecule has 1 aromatic rings. The highest BCUT2D eigenvalue weighted by Gasteiger charge is 2.20. The largest absolute Gasteiger partial charge is 0.354 e. The number of piperazine rings is 1. The third-order valence-corrected chi connectivity index (χ3v) is 3.74. The van der Waals surface area contributed by atoms with Crippen LogP contribution in [0, 0.1) is 0 Å². The van der Waals surface area contributed by atoms with Crippen LogP contribution in [0.5, 0.6) is 0 Å². The minimum absolute atomic E-state index is 0.635. The lowest BCUT2D eigenvalue weighted by Crippen LogP contribution is -2.47. The number of nitrogens with one attached hydrogen (secondary N) is 1. The zero-order valence-electron chi connectivity index (χ0n) is 12.4. The summed E-state index contributed by atoms with van der Waals surface area (Å²) in [6, 6.07) is 0. The van der Waals surface area contributed by atoms with Crippen molar-refractivity contribution in [2.75, 3.05) is 49.5 Å². The van der Waals surface area contributed by atoms with Crippen molar-refractivity contribution >= 4 is 23.4 Å². The van der Waals surface area contributed by atoms with Crippen LogP contribution in [-0.4, -0.2) is 54.1 Å². The fraction of sp³-hybridized carbons (Fsp3) is 0.714. The molecule has 2 heterocycles. The number of aromatic nitrogens is 2. The van der Waals surface area contributed by atoms with Gasteiger partial charge in [0.2, 0.25) is 5.95 Å². The summed E-state index contributed by atoms with van der Waals surface area (Å²) in [6.45, 7) is 10.5. The van der Waals surface area contributed by atoms with Gasteiger partial charge in [-0.25, -0.2) is 4.98 Å². The zero-order valence-corrected chi connectivity index (χ0v) is 13.2. The van der Waals surface area contributed by atoms with Crippen LogP contribution in [-0.2, 0) is 0 Å². The minimum Gasteiger partial charge on any atom is -0.354 e. The van der Waals surface area contributed by atoms with Crippen molar-refractivity contribution in [3.05, 3.63) is 11.2 Å². The number of hydrogen-bond donors (Lipinski definition) is 1. The lowest BCUT2D eigenvalue weighted by atomic mass is 10.3. The number of anilines is 2. The lowest BCUT2D eigenvalue weighted by Gasteiger charge is -2.35. The van der Waals surface area contributed by atoms with E-state index in [1.54, 1.807) is 6.20 Å². The van der Waals surface area contributed by atoms with E-state index < -0.39 is 0 Å². The van der Waals surface area contributed by atoms with Gasteiger partial charge in [0.05, 0.1) is 6.20 Å². The van der Waals surface area contributed by atoms with Gasteiger partial charge in [0.15, 0.2) is 5.82 Å². The van der Waals surface area contributed by atoms with Crippen LogP contribution in [0.1, 0.15) is 26.7 Å². The third-order valence-electron chi connectivity index (χ3n) is 3.47. The monoisotopic (exact) mass is 297 g/mol. The Kier molecular flexibility index (Phi) is 5.86. The Labute approximate surface area is 126 Å². The molecule has 1 aliphatic rings. The van der Waals surface area contributed by atoms with Crippen LogP contribution >= 0.6 is 11.6 Å². The highest BCUT2D eigenvalue weighted by molar-refractivity contribution is 6.32. The van der Waals surface area contributed by atoms with Crippen LogP contribution in [0.15, 0.2) is 6.20 Å². The summed E-state index contributed by atoms with van der Waals surface area (Å²) >= 11 is 6.25. The highest BCUT2D eigenvalue weighted by Crippen LogP contribution is 2.24. The zero-order chi connectivity index (χ0) is 14.4. The Morgan fingerprint density at radius 2 is 1.95 bits per heavy atom. The van der Waals surface area contributed by atoms with Crippen molar-refractivity contribution in [3.8, 4) is 0 Å². The first-order valence-corrected chi connectivity index (χ1v) is 7.86.